The van der Waals surface area contributed by atoms with Crippen molar-refractivity contribution in [2.75, 3.05) is 6.26 Å². The Hall–Kier alpha value is -0.540. The Labute approximate surface area is 88.9 Å². The van der Waals surface area contributed by atoms with Crippen molar-refractivity contribution in [3.8, 4) is 0 Å². The average molecular weight is 213 g/mol. The molecule has 1 atom stereocenters. The van der Waals surface area contributed by atoms with Crippen molar-refractivity contribution in [3.05, 3.63) is 29.6 Å². The molecule has 0 aliphatic rings. The molecule has 0 heterocycles. The lowest BCUT2D eigenvalue weighted by Crippen LogP contribution is -2.21. The minimum absolute atomic E-state index is 0.127. The largest absolute Gasteiger partial charge is 0.327 e. The molecule has 0 saturated heterocycles. The molecule has 3 heteroatoms. The van der Waals surface area contributed by atoms with Crippen LogP contribution in [0, 0.1) is 5.82 Å². The highest BCUT2D eigenvalue weighted by Gasteiger charge is 2.07. The van der Waals surface area contributed by atoms with Crippen LogP contribution in [0.5, 0.6) is 0 Å². The SMILES string of the molecule is CCC(N)Cc1cc(F)ccc1SC. The van der Waals surface area contributed by atoms with Crippen LogP contribution in [-0.2, 0) is 6.42 Å². The van der Waals surface area contributed by atoms with E-state index in [1.165, 1.54) is 6.07 Å². The smallest absolute Gasteiger partial charge is 0.123 e. The Morgan fingerprint density at radius 1 is 1.50 bits per heavy atom. The average Bonchev–Trinajstić information content (AvgIpc) is 2.18. The van der Waals surface area contributed by atoms with E-state index in [0.717, 1.165) is 23.3 Å². The van der Waals surface area contributed by atoms with Crippen molar-refractivity contribution in [2.45, 2.75) is 30.7 Å². The van der Waals surface area contributed by atoms with Crippen LogP contribution in [0.4, 0.5) is 4.39 Å². The van der Waals surface area contributed by atoms with E-state index >= 15 is 0 Å². The van der Waals surface area contributed by atoms with Crippen molar-refractivity contribution in [1.29, 1.82) is 0 Å². The van der Waals surface area contributed by atoms with Gasteiger partial charge < -0.3 is 5.73 Å². The number of thioether (sulfide) groups is 1. The number of hydrogen-bond donors (Lipinski definition) is 1. The van der Waals surface area contributed by atoms with Crippen molar-refractivity contribution >= 4 is 11.8 Å². The van der Waals surface area contributed by atoms with Gasteiger partial charge in [0.1, 0.15) is 5.82 Å². The summed E-state index contributed by atoms with van der Waals surface area (Å²) in [7, 11) is 0. The highest BCUT2D eigenvalue weighted by Crippen LogP contribution is 2.22. The maximum atomic E-state index is 13.0. The first kappa shape index (κ1) is 11.5. The quantitative estimate of drug-likeness (QED) is 0.778. The summed E-state index contributed by atoms with van der Waals surface area (Å²) in [6.45, 7) is 2.04. The van der Waals surface area contributed by atoms with Crippen LogP contribution >= 0.6 is 11.8 Å². The van der Waals surface area contributed by atoms with Crippen LogP contribution in [-0.4, -0.2) is 12.3 Å². The van der Waals surface area contributed by atoms with Crippen molar-refractivity contribution in [3.63, 3.8) is 0 Å². The van der Waals surface area contributed by atoms with E-state index in [4.69, 9.17) is 5.73 Å². The van der Waals surface area contributed by atoms with Gasteiger partial charge >= 0.3 is 0 Å². The third-order valence-corrected chi connectivity index (χ3v) is 3.09. The molecule has 1 unspecified atom stereocenters. The van der Waals surface area contributed by atoms with E-state index in [2.05, 4.69) is 0 Å². The molecule has 0 amide bonds. The van der Waals surface area contributed by atoms with Gasteiger partial charge in [-0.05, 0) is 42.9 Å². The van der Waals surface area contributed by atoms with Gasteiger partial charge in [0.15, 0.2) is 0 Å². The van der Waals surface area contributed by atoms with Crippen molar-refractivity contribution in [1.82, 2.24) is 0 Å². The van der Waals surface area contributed by atoms with Gasteiger partial charge in [0.2, 0.25) is 0 Å². The second-order valence-corrected chi connectivity index (χ2v) is 4.18. The maximum absolute atomic E-state index is 13.0. The van der Waals surface area contributed by atoms with E-state index in [1.54, 1.807) is 17.8 Å². The molecule has 0 aliphatic heterocycles. The number of rotatable bonds is 4. The molecule has 1 rings (SSSR count). The zero-order valence-corrected chi connectivity index (χ0v) is 9.40. The molecule has 78 valence electrons. The third kappa shape index (κ3) is 3.00. The number of hydrogen-bond acceptors (Lipinski definition) is 2. The van der Waals surface area contributed by atoms with Crippen LogP contribution in [0.15, 0.2) is 23.1 Å². The molecule has 2 N–H and O–H groups in total. The Morgan fingerprint density at radius 2 is 2.21 bits per heavy atom. The van der Waals surface area contributed by atoms with Gasteiger partial charge in [0, 0.05) is 10.9 Å². The first-order valence-corrected chi connectivity index (χ1v) is 5.97. The van der Waals surface area contributed by atoms with E-state index in [1.807, 2.05) is 19.2 Å². The fraction of sp³-hybridized carbons (Fsp3) is 0.455. The van der Waals surface area contributed by atoms with E-state index in [-0.39, 0.29) is 11.9 Å². The highest BCUT2D eigenvalue weighted by molar-refractivity contribution is 7.98. The van der Waals surface area contributed by atoms with Gasteiger partial charge in [-0.3, -0.25) is 0 Å². The summed E-state index contributed by atoms with van der Waals surface area (Å²) in [5.41, 5.74) is 6.87. The summed E-state index contributed by atoms with van der Waals surface area (Å²) in [5.74, 6) is -0.180. The zero-order chi connectivity index (χ0) is 10.6. The van der Waals surface area contributed by atoms with Crippen LogP contribution in [0.1, 0.15) is 18.9 Å². The first-order chi connectivity index (χ1) is 6.67. The predicted octanol–water partition coefficient (Wildman–Crippen LogP) is 2.83. The molecule has 0 aromatic heterocycles. The lowest BCUT2D eigenvalue weighted by atomic mass is 10.0. The molecular formula is C11H16FNS. The molecule has 0 fully saturated rings. The van der Waals surface area contributed by atoms with Gasteiger partial charge in [-0.1, -0.05) is 6.92 Å². The molecule has 0 bridgehead atoms. The van der Waals surface area contributed by atoms with E-state index < -0.39 is 0 Å². The van der Waals surface area contributed by atoms with Crippen LogP contribution in [0.3, 0.4) is 0 Å². The first-order valence-electron chi connectivity index (χ1n) is 4.75. The van der Waals surface area contributed by atoms with E-state index in [9.17, 15) is 4.39 Å². The molecule has 1 aromatic rings. The summed E-state index contributed by atoms with van der Waals surface area (Å²) in [6, 6.07) is 5.02. The minimum atomic E-state index is -0.180. The molecule has 1 nitrogen and oxygen atoms in total. The summed E-state index contributed by atoms with van der Waals surface area (Å²) < 4.78 is 13.0. The predicted molar refractivity (Wildman–Crippen MR) is 60.2 cm³/mol. The Bertz CT molecular complexity index is 301. The standard InChI is InChI=1S/C11H16FNS/c1-3-10(13)7-8-6-9(12)4-5-11(8)14-2/h4-6,10H,3,7,13H2,1-2H3. The number of benzene rings is 1. The Kier molecular flexibility index (Phi) is 4.42. The third-order valence-electron chi connectivity index (χ3n) is 2.25. The molecule has 14 heavy (non-hydrogen) atoms. The normalized spacial score (nSPS) is 12.9. The van der Waals surface area contributed by atoms with Crippen molar-refractivity contribution < 1.29 is 4.39 Å². The Balaban J connectivity index is 2.87. The monoisotopic (exact) mass is 213 g/mol. The fourth-order valence-corrected chi connectivity index (χ4v) is 1.94. The van der Waals surface area contributed by atoms with Gasteiger partial charge in [0.05, 0.1) is 0 Å². The lowest BCUT2D eigenvalue weighted by Gasteiger charge is -2.11. The molecule has 1 aromatic carbocycles. The number of nitrogens with two attached hydrogens (primary N) is 1. The van der Waals surface area contributed by atoms with E-state index in [0.29, 0.717) is 0 Å². The molecule has 0 saturated carbocycles. The lowest BCUT2D eigenvalue weighted by molar-refractivity contribution is 0.610. The van der Waals surface area contributed by atoms with Crippen LogP contribution in [0.2, 0.25) is 0 Å². The highest BCUT2D eigenvalue weighted by atomic mass is 32.2. The summed E-state index contributed by atoms with van der Waals surface area (Å²) in [4.78, 5) is 1.12. The summed E-state index contributed by atoms with van der Waals surface area (Å²) in [5, 5.41) is 0. The van der Waals surface area contributed by atoms with Gasteiger partial charge in [0.25, 0.3) is 0 Å². The zero-order valence-electron chi connectivity index (χ0n) is 8.59. The molecule has 0 spiro atoms. The molecular weight excluding hydrogens is 197 g/mol. The van der Waals surface area contributed by atoms with Crippen LogP contribution in [0.25, 0.3) is 0 Å². The Morgan fingerprint density at radius 3 is 2.79 bits per heavy atom. The second kappa shape index (κ2) is 5.37. The van der Waals surface area contributed by atoms with Gasteiger partial charge in [-0.25, -0.2) is 4.39 Å². The van der Waals surface area contributed by atoms with Gasteiger partial charge in [-0.15, -0.1) is 11.8 Å². The fourth-order valence-electron chi connectivity index (χ4n) is 1.33. The van der Waals surface area contributed by atoms with Gasteiger partial charge in [-0.2, -0.15) is 0 Å². The number of halogens is 1. The topological polar surface area (TPSA) is 26.0 Å². The maximum Gasteiger partial charge on any atom is 0.123 e. The summed E-state index contributed by atoms with van der Waals surface area (Å²) >= 11 is 1.63. The molecule has 0 radical (unpaired) electrons. The van der Waals surface area contributed by atoms with Crippen molar-refractivity contribution in [2.24, 2.45) is 5.73 Å². The summed E-state index contributed by atoms with van der Waals surface area (Å²) in [6.07, 6.45) is 3.67. The minimum Gasteiger partial charge on any atom is -0.327 e. The van der Waals surface area contributed by atoms with Crippen LogP contribution < -0.4 is 5.73 Å². The molecule has 0 aliphatic carbocycles. The second-order valence-electron chi connectivity index (χ2n) is 3.33.